The smallest absolute Gasteiger partial charge is 0.309 e. The molecule has 0 aromatic rings. The van der Waals surface area contributed by atoms with Crippen LogP contribution in [0.25, 0.3) is 0 Å². The van der Waals surface area contributed by atoms with Gasteiger partial charge in [0, 0.05) is 19.9 Å². The summed E-state index contributed by atoms with van der Waals surface area (Å²) in [6.07, 6.45) is 2.35. The molecule has 0 bridgehead atoms. The van der Waals surface area contributed by atoms with E-state index in [2.05, 4.69) is 17.6 Å². The van der Waals surface area contributed by atoms with E-state index in [4.69, 9.17) is 0 Å². The normalized spacial score (nSPS) is 24.9. The number of hydrogen-bond donors (Lipinski definition) is 3. The summed E-state index contributed by atoms with van der Waals surface area (Å²) in [5, 5.41) is 4.98. The van der Waals surface area contributed by atoms with Gasteiger partial charge >= 0.3 is 11.8 Å². The van der Waals surface area contributed by atoms with Gasteiger partial charge in [0.2, 0.25) is 0 Å². The van der Waals surface area contributed by atoms with Gasteiger partial charge in [-0.25, -0.2) is 0 Å². The summed E-state index contributed by atoms with van der Waals surface area (Å²) < 4.78 is 0. The summed E-state index contributed by atoms with van der Waals surface area (Å²) in [6, 6.07) is 0.476. The van der Waals surface area contributed by atoms with Crippen LogP contribution in [0, 0.1) is 0 Å². The average Bonchev–Trinajstić information content (AvgIpc) is 2.71. The zero-order valence-corrected chi connectivity index (χ0v) is 9.43. The van der Waals surface area contributed by atoms with E-state index in [1.807, 2.05) is 0 Å². The topological polar surface area (TPSA) is 62.6 Å². The molecule has 0 radical (unpaired) electrons. The monoisotopic (exact) mass is 214 g/mol. The molecule has 3 N–H and O–H groups in total. The summed E-state index contributed by atoms with van der Waals surface area (Å²) >= 11 is 0. The lowest BCUT2D eigenvalue weighted by Gasteiger charge is -2.19. The van der Waals surface area contributed by atoms with E-state index >= 15 is 0 Å². The molecule has 1 rings (SSSR count). The Morgan fingerprint density at radius 1 is 1.40 bits per heavy atom. The molecule has 1 fully saturated rings. The van der Waals surface area contributed by atoms with E-state index in [0.717, 1.165) is 13.0 Å². The number of quaternary nitrogens is 1. The van der Waals surface area contributed by atoms with Gasteiger partial charge in [0.25, 0.3) is 0 Å². The van der Waals surface area contributed by atoms with Crippen LogP contribution in [-0.4, -0.2) is 44.5 Å². The molecule has 1 saturated heterocycles. The van der Waals surface area contributed by atoms with Gasteiger partial charge in [-0.2, -0.15) is 0 Å². The van der Waals surface area contributed by atoms with Gasteiger partial charge in [0.1, 0.15) is 6.04 Å². The summed E-state index contributed by atoms with van der Waals surface area (Å²) in [4.78, 5) is 23.7. The van der Waals surface area contributed by atoms with Crippen molar-refractivity contribution >= 4 is 11.8 Å². The van der Waals surface area contributed by atoms with E-state index in [1.165, 1.54) is 24.9 Å². The Hall–Kier alpha value is -1.10. The highest BCUT2D eigenvalue weighted by atomic mass is 16.2. The van der Waals surface area contributed by atoms with Crippen LogP contribution >= 0.6 is 0 Å². The predicted octanol–water partition coefficient (Wildman–Crippen LogP) is -2.08. The highest BCUT2D eigenvalue weighted by Gasteiger charge is 2.27. The maximum absolute atomic E-state index is 11.2. The Balaban J connectivity index is 2.30. The Bertz CT molecular complexity index is 243. The van der Waals surface area contributed by atoms with E-state index < -0.39 is 11.8 Å². The third-order valence-electron chi connectivity index (χ3n) is 3.02. The average molecular weight is 214 g/mol. The molecule has 1 aliphatic heterocycles. The van der Waals surface area contributed by atoms with Gasteiger partial charge in [-0.1, -0.05) is 0 Å². The molecule has 1 unspecified atom stereocenters. The van der Waals surface area contributed by atoms with E-state index in [1.54, 1.807) is 0 Å². The van der Waals surface area contributed by atoms with Crippen molar-refractivity contribution in [3.8, 4) is 0 Å². The van der Waals surface area contributed by atoms with E-state index in [0.29, 0.717) is 12.6 Å². The lowest BCUT2D eigenvalue weighted by molar-refractivity contribution is -0.909. The van der Waals surface area contributed by atoms with Crippen molar-refractivity contribution in [3.05, 3.63) is 0 Å². The van der Waals surface area contributed by atoms with Gasteiger partial charge < -0.3 is 15.5 Å². The Kier molecular flexibility index (Phi) is 4.55. The van der Waals surface area contributed by atoms with Crippen LogP contribution < -0.4 is 15.5 Å². The van der Waals surface area contributed by atoms with Gasteiger partial charge in [-0.05, 0) is 6.92 Å². The number of hydrogen-bond acceptors (Lipinski definition) is 2. The molecule has 1 aliphatic rings. The SMILES string of the molecule is CC[NH+]1CCC[C@@H]1CNC(=O)C(=O)NC. The van der Waals surface area contributed by atoms with Crippen molar-refractivity contribution in [2.45, 2.75) is 25.8 Å². The molecule has 2 atom stereocenters. The number of likely N-dealkylation sites (N-methyl/N-ethyl adjacent to an activating group) is 2. The van der Waals surface area contributed by atoms with Crippen LogP contribution in [-0.2, 0) is 9.59 Å². The Labute approximate surface area is 90.2 Å². The highest BCUT2D eigenvalue weighted by Crippen LogP contribution is 1.98. The van der Waals surface area contributed by atoms with Crippen LogP contribution in [0.4, 0.5) is 0 Å². The Morgan fingerprint density at radius 2 is 2.13 bits per heavy atom. The fourth-order valence-electron chi connectivity index (χ4n) is 2.11. The number of rotatable bonds is 3. The summed E-state index contributed by atoms with van der Waals surface area (Å²) in [5.74, 6) is -1.09. The number of amides is 2. The summed E-state index contributed by atoms with van der Waals surface area (Å²) in [7, 11) is 1.46. The predicted molar refractivity (Wildman–Crippen MR) is 56.5 cm³/mol. The maximum Gasteiger partial charge on any atom is 0.309 e. The van der Waals surface area contributed by atoms with Crippen molar-refractivity contribution in [2.24, 2.45) is 0 Å². The van der Waals surface area contributed by atoms with Crippen LogP contribution in [0.1, 0.15) is 19.8 Å². The Morgan fingerprint density at radius 3 is 2.73 bits per heavy atom. The number of carbonyl (C=O) groups excluding carboxylic acids is 2. The minimum atomic E-state index is -0.564. The van der Waals surface area contributed by atoms with Crippen molar-refractivity contribution in [2.75, 3.05) is 26.7 Å². The van der Waals surface area contributed by atoms with Gasteiger partial charge in [-0.3, -0.25) is 9.59 Å². The second-order valence-corrected chi connectivity index (χ2v) is 3.89. The van der Waals surface area contributed by atoms with Gasteiger partial charge in [-0.15, -0.1) is 0 Å². The van der Waals surface area contributed by atoms with Crippen molar-refractivity contribution in [3.63, 3.8) is 0 Å². The number of likely N-dealkylation sites (tertiary alicyclic amines) is 1. The third kappa shape index (κ3) is 3.20. The van der Waals surface area contributed by atoms with Gasteiger partial charge in [0.15, 0.2) is 0 Å². The number of carbonyl (C=O) groups is 2. The number of nitrogens with one attached hydrogen (secondary N) is 3. The third-order valence-corrected chi connectivity index (χ3v) is 3.02. The maximum atomic E-state index is 11.2. The molecular formula is C10H20N3O2+. The largest absolute Gasteiger partial charge is 0.351 e. The van der Waals surface area contributed by atoms with Crippen molar-refractivity contribution in [1.29, 1.82) is 0 Å². The highest BCUT2D eigenvalue weighted by molar-refractivity contribution is 6.34. The zero-order valence-electron chi connectivity index (χ0n) is 9.43. The first-order valence-electron chi connectivity index (χ1n) is 5.53. The van der Waals surface area contributed by atoms with Crippen LogP contribution in [0.15, 0.2) is 0 Å². The van der Waals surface area contributed by atoms with Crippen molar-refractivity contribution < 1.29 is 14.5 Å². The first kappa shape index (κ1) is 12.0. The molecule has 5 heteroatoms. The molecule has 5 nitrogen and oxygen atoms in total. The summed E-state index contributed by atoms with van der Waals surface area (Å²) in [5.41, 5.74) is 0. The molecule has 86 valence electrons. The molecule has 15 heavy (non-hydrogen) atoms. The second kappa shape index (κ2) is 5.70. The van der Waals surface area contributed by atoms with Crippen LogP contribution in [0.3, 0.4) is 0 Å². The van der Waals surface area contributed by atoms with Gasteiger partial charge in [0.05, 0.1) is 19.6 Å². The van der Waals surface area contributed by atoms with E-state index in [9.17, 15) is 9.59 Å². The molecule has 0 aromatic carbocycles. The van der Waals surface area contributed by atoms with E-state index in [-0.39, 0.29) is 0 Å². The first-order valence-corrected chi connectivity index (χ1v) is 5.53. The van der Waals surface area contributed by atoms with Crippen molar-refractivity contribution in [1.82, 2.24) is 10.6 Å². The molecular weight excluding hydrogens is 194 g/mol. The molecule has 0 aromatic heterocycles. The summed E-state index contributed by atoms with van der Waals surface area (Å²) in [6.45, 7) is 5.02. The quantitative estimate of drug-likeness (QED) is 0.472. The van der Waals surface area contributed by atoms with Crippen LogP contribution in [0.5, 0.6) is 0 Å². The minimum Gasteiger partial charge on any atom is -0.351 e. The molecule has 2 amide bonds. The standard InChI is InChI=1S/C10H19N3O2/c1-3-13-6-4-5-8(13)7-12-10(15)9(14)11-2/h8H,3-7H2,1-2H3,(H,11,14)(H,12,15)/p+1/t8-/m1/s1. The molecule has 0 spiro atoms. The molecule has 0 saturated carbocycles. The molecule has 0 aliphatic carbocycles. The lowest BCUT2D eigenvalue weighted by atomic mass is 10.2. The molecule has 1 heterocycles. The van der Waals surface area contributed by atoms with Crippen LogP contribution in [0.2, 0.25) is 0 Å². The zero-order chi connectivity index (χ0) is 11.3. The minimum absolute atomic E-state index is 0.476. The first-order chi connectivity index (χ1) is 7.19. The lowest BCUT2D eigenvalue weighted by Crippen LogP contribution is -3.14. The fraction of sp³-hybridized carbons (Fsp3) is 0.800. The second-order valence-electron chi connectivity index (χ2n) is 3.89. The fourth-order valence-corrected chi connectivity index (χ4v) is 2.11.